The van der Waals surface area contributed by atoms with Gasteiger partial charge in [-0.15, -0.1) is 0 Å². The maximum absolute atomic E-state index is 12.1. The molecule has 0 spiro atoms. The molecule has 1 aliphatic heterocycles. The van der Waals surface area contributed by atoms with Gasteiger partial charge in [0.05, 0.1) is 18.2 Å². The first-order valence-corrected chi connectivity index (χ1v) is 5.80. The first-order valence-electron chi connectivity index (χ1n) is 5.80. The maximum atomic E-state index is 12.1. The molecule has 2 rings (SSSR count). The molecule has 4 heteroatoms. The van der Waals surface area contributed by atoms with Crippen LogP contribution < -0.4 is 4.90 Å². The monoisotopic (exact) mass is 233 g/mol. The number of fused-ring (bicyclic) bond motifs is 1. The average Bonchev–Trinajstić information content (AvgIpc) is 2.61. The summed E-state index contributed by atoms with van der Waals surface area (Å²) in [6.07, 6.45) is 0.104. The fourth-order valence-corrected chi connectivity index (χ4v) is 2.16. The molecule has 1 unspecified atom stereocenters. The summed E-state index contributed by atoms with van der Waals surface area (Å²) >= 11 is 0. The number of benzene rings is 1. The van der Waals surface area contributed by atoms with Crippen LogP contribution in [0.25, 0.3) is 0 Å². The summed E-state index contributed by atoms with van der Waals surface area (Å²) in [5.74, 6) is -0.414. The van der Waals surface area contributed by atoms with Crippen molar-refractivity contribution < 1.29 is 14.3 Å². The van der Waals surface area contributed by atoms with Crippen molar-refractivity contribution >= 4 is 17.7 Å². The van der Waals surface area contributed by atoms with Gasteiger partial charge in [-0.05, 0) is 25.0 Å². The molecule has 0 saturated carbocycles. The van der Waals surface area contributed by atoms with Gasteiger partial charge in [0.2, 0.25) is 5.91 Å². The third-order valence-electron chi connectivity index (χ3n) is 2.93. The highest BCUT2D eigenvalue weighted by Gasteiger charge is 2.40. The number of para-hydroxylation sites is 1. The van der Waals surface area contributed by atoms with Crippen LogP contribution in [0.5, 0.6) is 0 Å². The maximum Gasteiger partial charge on any atom is 0.421 e. The van der Waals surface area contributed by atoms with Crippen molar-refractivity contribution in [1.29, 1.82) is 0 Å². The molecule has 17 heavy (non-hydrogen) atoms. The molecule has 0 N–H and O–H groups in total. The SMILES string of the molecule is CCOC(=O)N1C(=O)C(CC)c2ccccc21. The molecule has 0 aromatic heterocycles. The van der Waals surface area contributed by atoms with Crippen LogP contribution in [0.3, 0.4) is 0 Å². The zero-order valence-electron chi connectivity index (χ0n) is 9.97. The van der Waals surface area contributed by atoms with Crippen LogP contribution in [0.4, 0.5) is 10.5 Å². The summed E-state index contributed by atoms with van der Waals surface area (Å²) in [4.78, 5) is 25.0. The summed E-state index contributed by atoms with van der Waals surface area (Å²) < 4.78 is 4.91. The fourth-order valence-electron chi connectivity index (χ4n) is 2.16. The lowest BCUT2D eigenvalue weighted by molar-refractivity contribution is -0.118. The normalized spacial score (nSPS) is 18.1. The van der Waals surface area contributed by atoms with Crippen LogP contribution in [0.2, 0.25) is 0 Å². The molecule has 1 atom stereocenters. The fraction of sp³-hybridized carbons (Fsp3) is 0.385. The van der Waals surface area contributed by atoms with Crippen molar-refractivity contribution in [3.63, 3.8) is 0 Å². The van der Waals surface area contributed by atoms with Crippen molar-refractivity contribution in [2.75, 3.05) is 11.5 Å². The highest BCUT2D eigenvalue weighted by molar-refractivity contribution is 6.19. The van der Waals surface area contributed by atoms with E-state index in [0.717, 1.165) is 10.5 Å². The molecule has 4 nitrogen and oxygen atoms in total. The molecule has 1 aliphatic rings. The minimum atomic E-state index is -0.582. The number of nitrogens with zero attached hydrogens (tertiary/aromatic N) is 1. The van der Waals surface area contributed by atoms with E-state index in [4.69, 9.17) is 4.74 Å². The number of amides is 2. The van der Waals surface area contributed by atoms with E-state index in [1.165, 1.54) is 0 Å². The summed E-state index contributed by atoms with van der Waals surface area (Å²) in [6.45, 7) is 3.93. The highest BCUT2D eigenvalue weighted by atomic mass is 16.6. The van der Waals surface area contributed by atoms with Crippen molar-refractivity contribution in [3.05, 3.63) is 29.8 Å². The molecule has 0 fully saturated rings. The Morgan fingerprint density at radius 1 is 1.35 bits per heavy atom. The van der Waals surface area contributed by atoms with Crippen LogP contribution >= 0.6 is 0 Å². The third-order valence-corrected chi connectivity index (χ3v) is 2.93. The quantitative estimate of drug-likeness (QED) is 0.789. The molecule has 0 saturated heterocycles. The Kier molecular flexibility index (Phi) is 3.13. The number of ether oxygens (including phenoxy) is 1. The zero-order valence-corrected chi connectivity index (χ0v) is 9.97. The van der Waals surface area contributed by atoms with Gasteiger partial charge < -0.3 is 4.74 Å². The van der Waals surface area contributed by atoms with E-state index in [1.54, 1.807) is 13.0 Å². The van der Waals surface area contributed by atoms with Crippen molar-refractivity contribution in [2.45, 2.75) is 26.2 Å². The van der Waals surface area contributed by atoms with Crippen molar-refractivity contribution in [1.82, 2.24) is 0 Å². The number of rotatable bonds is 2. The molecular formula is C13H15NO3. The average molecular weight is 233 g/mol. The van der Waals surface area contributed by atoms with Crippen LogP contribution in [0.15, 0.2) is 24.3 Å². The predicted octanol–water partition coefficient (Wildman–Crippen LogP) is 2.68. The number of carbonyl (C=O) groups is 2. The van der Waals surface area contributed by atoms with Crippen molar-refractivity contribution in [2.24, 2.45) is 0 Å². The molecule has 1 aromatic rings. The molecule has 0 bridgehead atoms. The number of imide groups is 1. The second-order valence-electron chi connectivity index (χ2n) is 3.89. The zero-order chi connectivity index (χ0) is 12.4. The Morgan fingerprint density at radius 3 is 2.71 bits per heavy atom. The van der Waals surface area contributed by atoms with Gasteiger partial charge in [-0.2, -0.15) is 0 Å². The van der Waals surface area contributed by atoms with Gasteiger partial charge in [-0.3, -0.25) is 4.79 Å². The number of anilines is 1. The Hall–Kier alpha value is -1.84. The van der Waals surface area contributed by atoms with E-state index in [9.17, 15) is 9.59 Å². The van der Waals surface area contributed by atoms with Gasteiger partial charge in [0, 0.05) is 0 Å². The van der Waals surface area contributed by atoms with E-state index in [1.807, 2.05) is 25.1 Å². The molecule has 90 valence electrons. The summed E-state index contributed by atoms with van der Waals surface area (Å²) in [5, 5.41) is 0. The van der Waals surface area contributed by atoms with E-state index >= 15 is 0 Å². The predicted molar refractivity (Wildman–Crippen MR) is 64.0 cm³/mol. The van der Waals surface area contributed by atoms with E-state index in [0.29, 0.717) is 12.1 Å². The van der Waals surface area contributed by atoms with E-state index in [2.05, 4.69) is 0 Å². The molecule has 2 amide bonds. The van der Waals surface area contributed by atoms with Gasteiger partial charge in [0.15, 0.2) is 0 Å². The Morgan fingerprint density at radius 2 is 2.06 bits per heavy atom. The van der Waals surface area contributed by atoms with Crippen LogP contribution in [-0.4, -0.2) is 18.6 Å². The lowest BCUT2D eigenvalue weighted by Crippen LogP contribution is -2.35. The number of carbonyl (C=O) groups excluding carboxylic acids is 2. The van der Waals surface area contributed by atoms with Crippen molar-refractivity contribution in [3.8, 4) is 0 Å². The summed E-state index contributed by atoms with van der Waals surface area (Å²) in [5.41, 5.74) is 1.57. The number of hydrogen-bond donors (Lipinski definition) is 0. The largest absolute Gasteiger partial charge is 0.449 e. The van der Waals surface area contributed by atoms with E-state index in [-0.39, 0.29) is 18.4 Å². The van der Waals surface area contributed by atoms with Crippen LogP contribution in [0.1, 0.15) is 31.7 Å². The minimum absolute atomic E-state index is 0.188. The van der Waals surface area contributed by atoms with Gasteiger partial charge >= 0.3 is 6.09 Å². The summed E-state index contributed by atoms with van der Waals surface area (Å²) in [6, 6.07) is 7.36. The second kappa shape index (κ2) is 4.57. The smallest absolute Gasteiger partial charge is 0.421 e. The molecule has 1 heterocycles. The topological polar surface area (TPSA) is 46.6 Å². The molecular weight excluding hydrogens is 218 g/mol. The standard InChI is InChI=1S/C13H15NO3/c1-3-9-10-7-5-6-8-11(10)14(12(9)15)13(16)17-4-2/h5-9H,3-4H2,1-2H3. The molecule has 0 aliphatic carbocycles. The Balaban J connectivity index is 2.42. The first-order chi connectivity index (χ1) is 8.20. The van der Waals surface area contributed by atoms with Gasteiger partial charge in [-0.1, -0.05) is 25.1 Å². The summed E-state index contributed by atoms with van der Waals surface area (Å²) in [7, 11) is 0. The van der Waals surface area contributed by atoms with Crippen LogP contribution in [-0.2, 0) is 9.53 Å². The lowest BCUT2D eigenvalue weighted by Gasteiger charge is -2.14. The Bertz CT molecular complexity index is 456. The second-order valence-corrected chi connectivity index (χ2v) is 3.89. The lowest BCUT2D eigenvalue weighted by atomic mass is 9.98. The minimum Gasteiger partial charge on any atom is -0.449 e. The highest BCUT2D eigenvalue weighted by Crippen LogP contribution is 2.39. The van der Waals surface area contributed by atoms with Crippen LogP contribution in [0, 0.1) is 0 Å². The molecule has 0 radical (unpaired) electrons. The van der Waals surface area contributed by atoms with Gasteiger partial charge in [0.25, 0.3) is 0 Å². The third kappa shape index (κ3) is 1.79. The first kappa shape index (κ1) is 11.6. The van der Waals surface area contributed by atoms with Gasteiger partial charge in [-0.25, -0.2) is 9.69 Å². The van der Waals surface area contributed by atoms with E-state index < -0.39 is 6.09 Å². The molecule has 1 aromatic carbocycles. The Labute approximate surface area is 100 Å². The number of hydrogen-bond acceptors (Lipinski definition) is 3. The van der Waals surface area contributed by atoms with Gasteiger partial charge in [0.1, 0.15) is 0 Å².